The molecule has 2 N–H and O–H groups in total. The summed E-state index contributed by atoms with van der Waals surface area (Å²) in [5.74, 6) is -0.217. The van der Waals surface area contributed by atoms with Gasteiger partial charge in [-0.3, -0.25) is 4.79 Å². The molecule has 2 aromatic rings. The summed E-state index contributed by atoms with van der Waals surface area (Å²) in [6, 6.07) is 11.7. The van der Waals surface area contributed by atoms with Crippen LogP contribution in [0.5, 0.6) is 0 Å². The molecule has 0 spiro atoms. The number of hydrogen-bond acceptors (Lipinski definition) is 3. The van der Waals surface area contributed by atoms with Gasteiger partial charge in [-0.25, -0.2) is 5.43 Å². The number of anilines is 1. The van der Waals surface area contributed by atoms with Crippen LogP contribution in [0, 0.1) is 6.92 Å². The molecule has 126 valence electrons. The first-order valence-corrected chi connectivity index (χ1v) is 9.53. The van der Waals surface area contributed by atoms with Gasteiger partial charge in [0.05, 0.1) is 17.9 Å². The number of hydrazone groups is 1. The van der Waals surface area contributed by atoms with Gasteiger partial charge in [0.1, 0.15) is 0 Å². The Balaban J connectivity index is 1.94. The molecule has 0 saturated carbocycles. The Morgan fingerprint density at radius 1 is 1.08 bits per heavy atom. The van der Waals surface area contributed by atoms with Crippen molar-refractivity contribution in [3.05, 3.63) is 60.9 Å². The quantitative estimate of drug-likeness (QED) is 0.421. The third-order valence-corrected chi connectivity index (χ3v) is 5.00. The van der Waals surface area contributed by atoms with E-state index in [0.29, 0.717) is 0 Å². The van der Waals surface area contributed by atoms with Crippen molar-refractivity contribution in [3.63, 3.8) is 0 Å². The van der Waals surface area contributed by atoms with Crippen molar-refractivity contribution in [2.75, 3.05) is 11.9 Å². The van der Waals surface area contributed by atoms with E-state index < -0.39 is 0 Å². The minimum absolute atomic E-state index is 0.122. The fourth-order valence-electron chi connectivity index (χ4n) is 1.98. The summed E-state index contributed by atoms with van der Waals surface area (Å²) in [6.07, 6.45) is 0. The van der Waals surface area contributed by atoms with E-state index in [0.717, 1.165) is 35.9 Å². The van der Waals surface area contributed by atoms with Crippen LogP contribution < -0.4 is 10.7 Å². The maximum Gasteiger partial charge on any atom is 0.259 e. The lowest BCUT2D eigenvalue weighted by Gasteiger charge is -2.11. The Kier molecular flexibility index (Phi) is 7.01. The van der Waals surface area contributed by atoms with E-state index in [1.807, 2.05) is 50.2 Å². The monoisotopic (exact) mass is 515 g/mol. The van der Waals surface area contributed by atoms with Crippen molar-refractivity contribution in [1.82, 2.24) is 5.43 Å². The number of benzene rings is 2. The summed E-state index contributed by atoms with van der Waals surface area (Å²) in [5, 5.41) is 7.23. The number of carbonyl (C=O) groups is 1. The van der Waals surface area contributed by atoms with Gasteiger partial charge < -0.3 is 5.32 Å². The maximum absolute atomic E-state index is 12.0. The summed E-state index contributed by atoms with van der Waals surface area (Å²) >= 11 is 10.4. The summed E-state index contributed by atoms with van der Waals surface area (Å²) in [6.45, 7) is 3.98. The van der Waals surface area contributed by atoms with Gasteiger partial charge in [-0.15, -0.1) is 0 Å². The van der Waals surface area contributed by atoms with Crippen molar-refractivity contribution in [3.8, 4) is 0 Å². The van der Waals surface area contributed by atoms with Crippen LogP contribution in [0.4, 0.5) is 5.69 Å². The normalized spacial score (nSPS) is 11.3. The van der Waals surface area contributed by atoms with Gasteiger partial charge in [-0.2, -0.15) is 5.10 Å². The molecule has 1 amide bonds. The van der Waals surface area contributed by atoms with Crippen LogP contribution in [0.2, 0.25) is 0 Å². The number of rotatable bonds is 5. The fourth-order valence-corrected chi connectivity index (χ4v) is 3.94. The van der Waals surface area contributed by atoms with Crippen LogP contribution >= 0.6 is 47.8 Å². The molecule has 0 saturated heterocycles. The molecule has 2 rings (SSSR count). The summed E-state index contributed by atoms with van der Waals surface area (Å²) < 4.78 is 2.80. The van der Waals surface area contributed by atoms with Gasteiger partial charge in [-0.1, -0.05) is 28.1 Å². The van der Waals surface area contributed by atoms with E-state index in [2.05, 4.69) is 63.6 Å². The molecule has 0 unspecified atom stereocenters. The second kappa shape index (κ2) is 8.78. The molecule has 0 aliphatic carbocycles. The average molecular weight is 518 g/mol. The Labute approximate surface area is 166 Å². The topological polar surface area (TPSA) is 53.5 Å². The van der Waals surface area contributed by atoms with Crippen molar-refractivity contribution in [2.24, 2.45) is 5.10 Å². The predicted molar refractivity (Wildman–Crippen MR) is 110 cm³/mol. The van der Waals surface area contributed by atoms with E-state index in [4.69, 9.17) is 0 Å². The molecule has 0 aliphatic heterocycles. The largest absolute Gasteiger partial charge is 0.374 e. The lowest BCUT2D eigenvalue weighted by atomic mass is 10.1. The van der Waals surface area contributed by atoms with Crippen molar-refractivity contribution < 1.29 is 4.79 Å². The van der Waals surface area contributed by atoms with E-state index >= 15 is 0 Å². The number of halogens is 3. The highest BCUT2D eigenvalue weighted by atomic mass is 79.9. The zero-order chi connectivity index (χ0) is 17.7. The Hall–Kier alpha value is -1.18. The average Bonchev–Trinajstić information content (AvgIpc) is 2.52. The minimum atomic E-state index is -0.217. The highest BCUT2D eigenvalue weighted by molar-refractivity contribution is 9.11. The summed E-state index contributed by atoms with van der Waals surface area (Å²) in [5.41, 5.74) is 6.22. The van der Waals surface area contributed by atoms with Crippen LogP contribution in [0.25, 0.3) is 0 Å². The SMILES string of the molecule is CC(=NNC(=O)CNc1c(Br)cc(C)cc1Br)c1ccc(Br)cc1. The van der Waals surface area contributed by atoms with E-state index in [-0.39, 0.29) is 12.5 Å². The molecule has 0 aromatic heterocycles. The number of carbonyl (C=O) groups excluding carboxylic acids is 1. The molecular formula is C17H16Br3N3O. The van der Waals surface area contributed by atoms with Gasteiger partial charge in [0.2, 0.25) is 0 Å². The molecule has 24 heavy (non-hydrogen) atoms. The third kappa shape index (κ3) is 5.43. The van der Waals surface area contributed by atoms with Crippen LogP contribution in [0.15, 0.2) is 54.9 Å². The van der Waals surface area contributed by atoms with Crippen molar-refractivity contribution >= 4 is 65.1 Å². The molecular weight excluding hydrogens is 502 g/mol. The molecule has 0 aliphatic rings. The van der Waals surface area contributed by atoms with Crippen LogP contribution in [0.1, 0.15) is 18.1 Å². The number of amides is 1. The Morgan fingerprint density at radius 2 is 1.67 bits per heavy atom. The molecule has 0 fully saturated rings. The second-order valence-corrected chi connectivity index (χ2v) is 7.82. The first-order valence-electron chi connectivity index (χ1n) is 7.15. The number of nitrogens with one attached hydrogen (secondary N) is 2. The van der Waals surface area contributed by atoms with Gasteiger partial charge in [0.15, 0.2) is 0 Å². The zero-order valence-corrected chi connectivity index (χ0v) is 17.9. The smallest absolute Gasteiger partial charge is 0.259 e. The number of nitrogens with zero attached hydrogens (tertiary/aromatic N) is 1. The Bertz CT molecular complexity index is 750. The molecule has 0 radical (unpaired) electrons. The fraction of sp³-hybridized carbons (Fsp3) is 0.176. The van der Waals surface area contributed by atoms with E-state index in [1.54, 1.807) is 0 Å². The summed E-state index contributed by atoms with van der Waals surface area (Å²) in [4.78, 5) is 12.0. The van der Waals surface area contributed by atoms with Gasteiger partial charge in [0, 0.05) is 13.4 Å². The number of aryl methyl sites for hydroxylation is 1. The van der Waals surface area contributed by atoms with Crippen LogP contribution in [-0.4, -0.2) is 18.2 Å². The molecule has 7 heteroatoms. The highest BCUT2D eigenvalue weighted by Crippen LogP contribution is 2.32. The first kappa shape index (κ1) is 19.1. The standard InChI is InChI=1S/C17H16Br3N3O/c1-10-7-14(19)17(15(20)8-10)21-9-16(24)23-22-11(2)12-3-5-13(18)6-4-12/h3-8,21H,9H2,1-2H3,(H,23,24). The second-order valence-electron chi connectivity index (χ2n) is 5.20. The lowest BCUT2D eigenvalue weighted by Crippen LogP contribution is -2.27. The summed E-state index contributed by atoms with van der Waals surface area (Å²) in [7, 11) is 0. The first-order chi connectivity index (χ1) is 11.4. The maximum atomic E-state index is 12.0. The van der Waals surface area contributed by atoms with Gasteiger partial charge in [-0.05, 0) is 81.1 Å². The lowest BCUT2D eigenvalue weighted by molar-refractivity contribution is -0.119. The Morgan fingerprint density at radius 3 is 2.25 bits per heavy atom. The molecule has 2 aromatic carbocycles. The van der Waals surface area contributed by atoms with Crippen LogP contribution in [0.3, 0.4) is 0 Å². The minimum Gasteiger partial charge on any atom is -0.374 e. The molecule has 0 bridgehead atoms. The van der Waals surface area contributed by atoms with Gasteiger partial charge >= 0.3 is 0 Å². The van der Waals surface area contributed by atoms with Crippen molar-refractivity contribution in [1.29, 1.82) is 0 Å². The number of hydrogen-bond donors (Lipinski definition) is 2. The van der Waals surface area contributed by atoms with Crippen LogP contribution in [-0.2, 0) is 4.79 Å². The molecule has 0 atom stereocenters. The highest BCUT2D eigenvalue weighted by Gasteiger charge is 2.08. The third-order valence-electron chi connectivity index (χ3n) is 3.22. The van der Waals surface area contributed by atoms with E-state index in [1.165, 1.54) is 0 Å². The van der Waals surface area contributed by atoms with E-state index in [9.17, 15) is 4.79 Å². The predicted octanol–water partition coefficient (Wildman–Crippen LogP) is 5.23. The molecule has 0 heterocycles. The van der Waals surface area contributed by atoms with Crippen molar-refractivity contribution in [2.45, 2.75) is 13.8 Å². The van der Waals surface area contributed by atoms with Gasteiger partial charge in [0.25, 0.3) is 5.91 Å². The zero-order valence-electron chi connectivity index (χ0n) is 13.2. The molecule has 4 nitrogen and oxygen atoms in total.